The van der Waals surface area contributed by atoms with Crippen molar-refractivity contribution in [3.8, 4) is 0 Å². The molecule has 2 atom stereocenters. The van der Waals surface area contributed by atoms with Crippen molar-refractivity contribution < 1.29 is 19.2 Å². The van der Waals surface area contributed by atoms with Crippen LogP contribution in [0.4, 0.5) is 0 Å². The summed E-state index contributed by atoms with van der Waals surface area (Å²) in [6.07, 6.45) is 2.57. The van der Waals surface area contributed by atoms with E-state index in [-0.39, 0.29) is 24.8 Å². The van der Waals surface area contributed by atoms with Gasteiger partial charge in [0.1, 0.15) is 6.04 Å². The van der Waals surface area contributed by atoms with Crippen molar-refractivity contribution in [3.05, 3.63) is 34.9 Å². The van der Waals surface area contributed by atoms with Gasteiger partial charge in [0.15, 0.2) is 0 Å². The lowest BCUT2D eigenvalue weighted by atomic mass is 10.0. The maximum absolute atomic E-state index is 13.0. The van der Waals surface area contributed by atoms with Gasteiger partial charge in [0.2, 0.25) is 11.8 Å². The van der Waals surface area contributed by atoms with Crippen molar-refractivity contribution in [3.63, 3.8) is 0 Å². The zero-order valence-electron chi connectivity index (χ0n) is 14.9. The minimum Gasteiger partial charge on any atom is -0.329 e. The first-order valence-corrected chi connectivity index (χ1v) is 9.28. The SMILES string of the molecule is NCC(NCc1cccc2c1C(=O)N(C1CCC(=O)NC1=O)C2=O)C1CC1. The van der Waals surface area contributed by atoms with Gasteiger partial charge < -0.3 is 11.1 Å². The zero-order chi connectivity index (χ0) is 19.1. The van der Waals surface area contributed by atoms with Crippen molar-refractivity contribution in [2.75, 3.05) is 6.54 Å². The first kappa shape index (κ1) is 17.8. The predicted molar refractivity (Wildman–Crippen MR) is 95.5 cm³/mol. The molecule has 4 rings (SSSR count). The Morgan fingerprint density at radius 3 is 2.59 bits per heavy atom. The minimum atomic E-state index is -0.945. The molecular weight excluding hydrogens is 348 g/mol. The third-order valence-corrected chi connectivity index (χ3v) is 5.55. The molecule has 2 fully saturated rings. The molecule has 2 heterocycles. The fourth-order valence-electron chi connectivity index (χ4n) is 3.91. The number of nitrogens with one attached hydrogen (secondary N) is 2. The molecule has 8 heteroatoms. The molecule has 1 aromatic carbocycles. The Balaban J connectivity index is 1.57. The second-order valence-corrected chi connectivity index (χ2v) is 7.35. The highest BCUT2D eigenvalue weighted by Crippen LogP contribution is 2.33. The van der Waals surface area contributed by atoms with E-state index in [0.29, 0.717) is 30.1 Å². The highest BCUT2D eigenvalue weighted by Gasteiger charge is 2.45. The standard InChI is InChI=1S/C19H22N4O4/c20-8-13(10-4-5-10)21-9-11-2-1-3-12-16(11)19(27)23(18(12)26)14-6-7-15(24)22-17(14)25/h1-3,10,13-14,21H,4-9,20H2,(H,22,24,25). The number of nitrogens with two attached hydrogens (primary N) is 1. The summed E-state index contributed by atoms with van der Waals surface area (Å²) in [6, 6.07) is 4.40. The topological polar surface area (TPSA) is 122 Å². The van der Waals surface area contributed by atoms with E-state index >= 15 is 0 Å². The molecule has 1 saturated heterocycles. The van der Waals surface area contributed by atoms with Crippen LogP contribution in [0.15, 0.2) is 18.2 Å². The largest absolute Gasteiger partial charge is 0.329 e. The van der Waals surface area contributed by atoms with E-state index in [0.717, 1.165) is 23.3 Å². The minimum absolute atomic E-state index is 0.109. The quantitative estimate of drug-likeness (QED) is 0.602. The number of piperidine rings is 1. The number of benzene rings is 1. The Morgan fingerprint density at radius 2 is 1.93 bits per heavy atom. The molecule has 1 aromatic rings. The molecule has 27 heavy (non-hydrogen) atoms. The normalized spacial score (nSPS) is 23.4. The Morgan fingerprint density at radius 1 is 1.15 bits per heavy atom. The van der Waals surface area contributed by atoms with Crippen LogP contribution in [0.5, 0.6) is 0 Å². The molecule has 2 aliphatic heterocycles. The molecule has 1 aliphatic carbocycles. The van der Waals surface area contributed by atoms with E-state index in [1.165, 1.54) is 0 Å². The molecular formula is C19H22N4O4. The van der Waals surface area contributed by atoms with Crippen LogP contribution in [0.2, 0.25) is 0 Å². The maximum Gasteiger partial charge on any atom is 0.262 e. The zero-order valence-corrected chi connectivity index (χ0v) is 14.9. The molecule has 1 saturated carbocycles. The second kappa shape index (κ2) is 6.86. The average molecular weight is 370 g/mol. The van der Waals surface area contributed by atoms with Gasteiger partial charge >= 0.3 is 0 Å². The molecule has 0 radical (unpaired) electrons. The fraction of sp³-hybridized carbons (Fsp3) is 0.474. The number of carbonyl (C=O) groups is 4. The summed E-state index contributed by atoms with van der Waals surface area (Å²) in [5.74, 6) is -1.37. The van der Waals surface area contributed by atoms with Crippen LogP contribution in [0, 0.1) is 5.92 Å². The summed E-state index contributed by atoms with van der Waals surface area (Å²) in [6.45, 7) is 0.957. The van der Waals surface area contributed by atoms with Crippen LogP contribution in [0.25, 0.3) is 0 Å². The van der Waals surface area contributed by atoms with Gasteiger partial charge in [-0.25, -0.2) is 0 Å². The van der Waals surface area contributed by atoms with Gasteiger partial charge in [-0.1, -0.05) is 12.1 Å². The number of carbonyl (C=O) groups excluding carboxylic acids is 4. The second-order valence-electron chi connectivity index (χ2n) is 7.35. The Hall–Kier alpha value is -2.58. The lowest BCUT2D eigenvalue weighted by Crippen LogP contribution is -2.54. The highest BCUT2D eigenvalue weighted by molar-refractivity contribution is 6.24. The van der Waals surface area contributed by atoms with Crippen LogP contribution in [0.3, 0.4) is 0 Å². The molecule has 4 amide bonds. The van der Waals surface area contributed by atoms with Crippen LogP contribution < -0.4 is 16.4 Å². The monoisotopic (exact) mass is 370 g/mol. The predicted octanol–water partition coefficient (Wildman–Crippen LogP) is -0.0853. The number of rotatable bonds is 6. The number of imide groups is 2. The van der Waals surface area contributed by atoms with Crippen LogP contribution in [-0.2, 0) is 16.1 Å². The van der Waals surface area contributed by atoms with Gasteiger partial charge in [0.05, 0.1) is 11.1 Å². The van der Waals surface area contributed by atoms with Gasteiger partial charge in [-0.2, -0.15) is 0 Å². The number of nitrogens with zero attached hydrogens (tertiary/aromatic N) is 1. The van der Waals surface area contributed by atoms with Crippen molar-refractivity contribution >= 4 is 23.6 Å². The molecule has 3 aliphatic rings. The van der Waals surface area contributed by atoms with Crippen molar-refractivity contribution in [1.29, 1.82) is 0 Å². The lowest BCUT2D eigenvalue weighted by Gasteiger charge is -2.27. The van der Waals surface area contributed by atoms with Gasteiger partial charge in [0.25, 0.3) is 11.8 Å². The number of hydrogen-bond donors (Lipinski definition) is 3. The van der Waals surface area contributed by atoms with Gasteiger partial charge in [-0.3, -0.25) is 29.4 Å². The van der Waals surface area contributed by atoms with Gasteiger partial charge in [-0.05, 0) is 36.8 Å². The first-order chi connectivity index (χ1) is 13.0. The van der Waals surface area contributed by atoms with E-state index in [1.807, 2.05) is 6.07 Å². The first-order valence-electron chi connectivity index (χ1n) is 9.28. The van der Waals surface area contributed by atoms with E-state index in [2.05, 4.69) is 10.6 Å². The van der Waals surface area contributed by atoms with Crippen molar-refractivity contribution in [2.45, 2.75) is 44.3 Å². The molecule has 142 valence electrons. The van der Waals surface area contributed by atoms with E-state index < -0.39 is 23.8 Å². The van der Waals surface area contributed by atoms with E-state index in [9.17, 15) is 19.2 Å². The molecule has 0 bridgehead atoms. The lowest BCUT2D eigenvalue weighted by molar-refractivity contribution is -0.136. The van der Waals surface area contributed by atoms with Gasteiger partial charge in [0, 0.05) is 25.6 Å². The van der Waals surface area contributed by atoms with Crippen LogP contribution >= 0.6 is 0 Å². The molecule has 8 nitrogen and oxygen atoms in total. The van der Waals surface area contributed by atoms with E-state index in [1.54, 1.807) is 12.1 Å². The average Bonchev–Trinajstić information content (AvgIpc) is 3.45. The summed E-state index contributed by atoms with van der Waals surface area (Å²) >= 11 is 0. The molecule has 0 aromatic heterocycles. The summed E-state index contributed by atoms with van der Waals surface area (Å²) < 4.78 is 0. The molecule has 2 unspecified atom stereocenters. The number of fused-ring (bicyclic) bond motifs is 1. The highest BCUT2D eigenvalue weighted by atomic mass is 16.2. The van der Waals surface area contributed by atoms with Crippen LogP contribution in [0.1, 0.15) is 52.0 Å². The van der Waals surface area contributed by atoms with Crippen molar-refractivity contribution in [2.24, 2.45) is 11.7 Å². The van der Waals surface area contributed by atoms with Gasteiger partial charge in [-0.15, -0.1) is 0 Å². The summed E-state index contributed by atoms with van der Waals surface area (Å²) in [4.78, 5) is 50.3. The molecule has 0 spiro atoms. The maximum atomic E-state index is 13.0. The third-order valence-electron chi connectivity index (χ3n) is 5.55. The van der Waals surface area contributed by atoms with E-state index in [4.69, 9.17) is 5.73 Å². The third kappa shape index (κ3) is 3.15. The van der Waals surface area contributed by atoms with Crippen LogP contribution in [-0.4, -0.2) is 47.2 Å². The van der Waals surface area contributed by atoms with Crippen molar-refractivity contribution in [1.82, 2.24) is 15.5 Å². The fourth-order valence-corrected chi connectivity index (χ4v) is 3.91. The summed E-state index contributed by atoms with van der Waals surface area (Å²) in [7, 11) is 0. The molecule has 4 N–H and O–H groups in total. The number of amides is 4. The number of hydrogen-bond acceptors (Lipinski definition) is 6. The Kier molecular flexibility index (Phi) is 4.53. The summed E-state index contributed by atoms with van der Waals surface area (Å²) in [5.41, 5.74) is 7.19. The Bertz CT molecular complexity index is 833. The smallest absolute Gasteiger partial charge is 0.262 e. The Labute approximate surface area is 156 Å². The summed E-state index contributed by atoms with van der Waals surface area (Å²) in [5, 5.41) is 5.60.